The standard InChI is InChI=1S/C30H26N2O5/c1-3-37-25(33)16-19-11-13-21(14-12-19)32-27(20-8-6-7-18(2)15-20)26(29(35)30(32)36)28(34)23-17-31-24-10-5-4-9-22(23)24/h4-15,17,27,31,34H,3,16H2,1-2H3/b28-26-. The molecule has 2 heterocycles. The van der Waals surface area contributed by atoms with E-state index in [2.05, 4.69) is 4.98 Å². The Morgan fingerprint density at radius 2 is 1.78 bits per heavy atom. The van der Waals surface area contributed by atoms with Crippen molar-refractivity contribution in [2.75, 3.05) is 11.5 Å². The van der Waals surface area contributed by atoms with Crippen molar-refractivity contribution in [3.05, 3.63) is 107 Å². The fraction of sp³-hybridized carbons (Fsp3) is 0.167. The van der Waals surface area contributed by atoms with Crippen molar-refractivity contribution in [2.24, 2.45) is 0 Å². The molecule has 1 aliphatic heterocycles. The zero-order chi connectivity index (χ0) is 26.1. The topological polar surface area (TPSA) is 99.7 Å². The van der Waals surface area contributed by atoms with E-state index < -0.39 is 17.7 Å². The molecule has 4 aromatic rings. The average molecular weight is 495 g/mol. The fourth-order valence-corrected chi connectivity index (χ4v) is 4.82. The van der Waals surface area contributed by atoms with Gasteiger partial charge in [0.05, 0.1) is 24.6 Å². The summed E-state index contributed by atoms with van der Waals surface area (Å²) >= 11 is 0. The van der Waals surface area contributed by atoms with Gasteiger partial charge < -0.3 is 14.8 Å². The number of amides is 1. The van der Waals surface area contributed by atoms with Gasteiger partial charge in [0.1, 0.15) is 5.76 Å². The van der Waals surface area contributed by atoms with Crippen molar-refractivity contribution in [3.8, 4) is 0 Å². The first kappa shape index (κ1) is 24.1. The number of Topliss-reactive ketones (excluding diaryl/α,β-unsaturated/α-hetero) is 1. The van der Waals surface area contributed by atoms with Crippen molar-refractivity contribution in [2.45, 2.75) is 26.3 Å². The zero-order valence-electron chi connectivity index (χ0n) is 20.5. The highest BCUT2D eigenvalue weighted by Gasteiger charge is 2.47. The molecular formula is C30H26N2O5. The number of hydrogen-bond acceptors (Lipinski definition) is 5. The molecule has 0 aliphatic carbocycles. The summed E-state index contributed by atoms with van der Waals surface area (Å²) in [7, 11) is 0. The number of H-pyrrole nitrogens is 1. The number of fused-ring (bicyclic) bond motifs is 1. The van der Waals surface area contributed by atoms with Crippen LogP contribution >= 0.6 is 0 Å². The predicted molar refractivity (Wildman–Crippen MR) is 141 cm³/mol. The molecule has 1 fully saturated rings. The van der Waals surface area contributed by atoms with Gasteiger partial charge in [-0.25, -0.2) is 0 Å². The highest BCUT2D eigenvalue weighted by molar-refractivity contribution is 6.51. The molecule has 37 heavy (non-hydrogen) atoms. The van der Waals surface area contributed by atoms with E-state index in [0.29, 0.717) is 23.4 Å². The van der Waals surface area contributed by atoms with Crippen LogP contribution in [0.25, 0.3) is 16.7 Å². The zero-order valence-corrected chi connectivity index (χ0v) is 20.5. The van der Waals surface area contributed by atoms with Gasteiger partial charge in [0.2, 0.25) is 0 Å². The van der Waals surface area contributed by atoms with E-state index in [1.165, 1.54) is 4.90 Å². The summed E-state index contributed by atoms with van der Waals surface area (Å²) in [5, 5.41) is 12.2. The number of ether oxygens (including phenoxy) is 1. The maximum absolute atomic E-state index is 13.4. The van der Waals surface area contributed by atoms with Crippen LogP contribution in [0.15, 0.2) is 84.6 Å². The van der Waals surface area contributed by atoms with E-state index in [9.17, 15) is 19.5 Å². The van der Waals surface area contributed by atoms with E-state index >= 15 is 0 Å². The molecule has 0 radical (unpaired) electrons. The van der Waals surface area contributed by atoms with E-state index in [0.717, 1.165) is 22.0 Å². The molecule has 0 bridgehead atoms. The van der Waals surface area contributed by atoms with Crippen molar-refractivity contribution in [1.29, 1.82) is 0 Å². The van der Waals surface area contributed by atoms with Crippen LogP contribution in [0.5, 0.6) is 0 Å². The second kappa shape index (κ2) is 9.78. The maximum Gasteiger partial charge on any atom is 0.310 e. The quantitative estimate of drug-likeness (QED) is 0.166. The van der Waals surface area contributed by atoms with E-state index in [1.807, 2.05) is 55.5 Å². The molecule has 0 saturated carbocycles. The van der Waals surface area contributed by atoms with E-state index in [-0.39, 0.29) is 23.7 Å². The van der Waals surface area contributed by atoms with Gasteiger partial charge in [-0.3, -0.25) is 19.3 Å². The molecule has 1 amide bonds. The number of nitrogens with one attached hydrogen (secondary N) is 1. The highest BCUT2D eigenvalue weighted by atomic mass is 16.5. The minimum absolute atomic E-state index is 0.0240. The minimum atomic E-state index is -0.829. The Hall–Kier alpha value is -4.65. The lowest BCUT2D eigenvalue weighted by molar-refractivity contribution is -0.142. The lowest BCUT2D eigenvalue weighted by Gasteiger charge is -2.26. The molecule has 2 N–H and O–H groups in total. The molecule has 7 nitrogen and oxygen atoms in total. The SMILES string of the molecule is CCOC(=O)Cc1ccc(N2C(=O)C(=O)/C(=C(\O)c3c[nH]c4ccccc34)C2c2cccc(C)c2)cc1. The largest absolute Gasteiger partial charge is 0.507 e. The van der Waals surface area contributed by atoms with Gasteiger partial charge in [-0.05, 0) is 43.2 Å². The fourth-order valence-electron chi connectivity index (χ4n) is 4.82. The number of aromatic amines is 1. The average Bonchev–Trinajstić information content (AvgIpc) is 3.43. The van der Waals surface area contributed by atoms with Crippen molar-refractivity contribution >= 4 is 40.0 Å². The molecular weight excluding hydrogens is 468 g/mol. The Balaban J connectivity index is 1.63. The molecule has 1 saturated heterocycles. The molecule has 186 valence electrons. The van der Waals surface area contributed by atoms with Crippen molar-refractivity contribution in [1.82, 2.24) is 4.98 Å². The third-order valence-electron chi connectivity index (χ3n) is 6.51. The molecule has 1 atom stereocenters. The number of aliphatic hydroxyl groups excluding tert-OH is 1. The summed E-state index contributed by atoms with van der Waals surface area (Å²) in [5.74, 6) is -2.06. The maximum atomic E-state index is 13.4. The lowest BCUT2D eigenvalue weighted by atomic mass is 9.94. The number of esters is 1. The number of rotatable bonds is 6. The van der Waals surface area contributed by atoms with Crippen LogP contribution in [-0.4, -0.2) is 34.4 Å². The van der Waals surface area contributed by atoms with Crippen molar-refractivity contribution < 1.29 is 24.2 Å². The Bertz CT molecular complexity index is 1550. The van der Waals surface area contributed by atoms with Crippen LogP contribution in [-0.2, 0) is 25.5 Å². The van der Waals surface area contributed by atoms with Gasteiger partial charge >= 0.3 is 5.97 Å². The number of ketones is 1. The number of nitrogens with zero attached hydrogens (tertiary/aromatic N) is 1. The number of carbonyl (C=O) groups excluding carboxylic acids is 3. The minimum Gasteiger partial charge on any atom is -0.507 e. The van der Waals surface area contributed by atoms with E-state index in [1.54, 1.807) is 37.4 Å². The van der Waals surface area contributed by atoms with Gasteiger partial charge in [0, 0.05) is 28.4 Å². The number of anilines is 1. The van der Waals surface area contributed by atoms with Crippen LogP contribution in [0.2, 0.25) is 0 Å². The number of aromatic nitrogens is 1. The monoisotopic (exact) mass is 494 g/mol. The van der Waals surface area contributed by atoms with Gasteiger partial charge in [-0.2, -0.15) is 0 Å². The number of aliphatic hydroxyl groups is 1. The van der Waals surface area contributed by atoms with Crippen molar-refractivity contribution in [3.63, 3.8) is 0 Å². The van der Waals surface area contributed by atoms with Crippen LogP contribution in [0.3, 0.4) is 0 Å². The molecule has 1 unspecified atom stereocenters. The molecule has 1 aliphatic rings. The number of hydrogen-bond donors (Lipinski definition) is 2. The summed E-state index contributed by atoms with van der Waals surface area (Å²) in [6.45, 7) is 3.98. The second-order valence-electron chi connectivity index (χ2n) is 8.98. The number of benzene rings is 3. The van der Waals surface area contributed by atoms with Gasteiger partial charge in [-0.15, -0.1) is 0 Å². The Labute approximate surface area is 214 Å². The van der Waals surface area contributed by atoms with Gasteiger partial charge in [-0.1, -0.05) is 60.2 Å². The summed E-state index contributed by atoms with van der Waals surface area (Å²) in [5.41, 5.74) is 4.16. The van der Waals surface area contributed by atoms with Crippen LogP contribution in [0, 0.1) is 6.92 Å². The molecule has 3 aromatic carbocycles. The predicted octanol–water partition coefficient (Wildman–Crippen LogP) is 5.21. The number of carbonyl (C=O) groups is 3. The summed E-state index contributed by atoms with van der Waals surface area (Å²) < 4.78 is 5.01. The van der Waals surface area contributed by atoms with Crippen LogP contribution in [0.1, 0.15) is 35.2 Å². The first-order chi connectivity index (χ1) is 17.9. The van der Waals surface area contributed by atoms with Crippen LogP contribution in [0.4, 0.5) is 5.69 Å². The second-order valence-corrected chi connectivity index (χ2v) is 8.98. The Morgan fingerprint density at radius 3 is 2.51 bits per heavy atom. The van der Waals surface area contributed by atoms with Crippen LogP contribution < -0.4 is 4.90 Å². The Kier molecular flexibility index (Phi) is 6.36. The first-order valence-corrected chi connectivity index (χ1v) is 12.1. The molecule has 0 spiro atoms. The molecule has 5 rings (SSSR count). The third kappa shape index (κ3) is 4.40. The molecule has 1 aromatic heterocycles. The summed E-state index contributed by atoms with van der Waals surface area (Å²) in [4.78, 5) is 43.2. The lowest BCUT2D eigenvalue weighted by Crippen LogP contribution is -2.29. The van der Waals surface area contributed by atoms with Gasteiger partial charge in [0.15, 0.2) is 0 Å². The molecule has 7 heteroatoms. The van der Waals surface area contributed by atoms with Gasteiger partial charge in [0.25, 0.3) is 11.7 Å². The summed E-state index contributed by atoms with van der Waals surface area (Å²) in [6.07, 6.45) is 1.75. The third-order valence-corrected chi connectivity index (χ3v) is 6.51. The smallest absolute Gasteiger partial charge is 0.310 e. The highest BCUT2D eigenvalue weighted by Crippen LogP contribution is 2.43. The Morgan fingerprint density at radius 1 is 1.03 bits per heavy atom. The number of para-hydroxylation sites is 1. The first-order valence-electron chi connectivity index (χ1n) is 12.1. The normalized spacial score (nSPS) is 16.9. The summed E-state index contributed by atoms with van der Waals surface area (Å²) in [6, 6.07) is 21.0. The van der Waals surface area contributed by atoms with E-state index in [4.69, 9.17) is 4.74 Å². The number of aryl methyl sites for hydroxylation is 1.